The van der Waals surface area contributed by atoms with Gasteiger partial charge in [0.2, 0.25) is 0 Å². The summed E-state index contributed by atoms with van der Waals surface area (Å²) in [5, 5.41) is 2.93. The molecule has 1 aromatic heterocycles. The van der Waals surface area contributed by atoms with Crippen molar-refractivity contribution < 1.29 is 9.53 Å². The van der Waals surface area contributed by atoms with E-state index in [1.165, 1.54) is 13.3 Å². The van der Waals surface area contributed by atoms with Crippen LogP contribution in [0, 0.1) is 0 Å². The minimum Gasteiger partial charge on any atom is -0.494 e. The molecular weight excluding hydrogens is 240 g/mol. The van der Waals surface area contributed by atoms with Gasteiger partial charge in [0.1, 0.15) is 5.75 Å². The molecule has 0 saturated carbocycles. The molecule has 0 aromatic carbocycles. The van der Waals surface area contributed by atoms with Crippen molar-refractivity contribution >= 4 is 17.5 Å². The minimum absolute atomic E-state index is 0.0953. The van der Waals surface area contributed by atoms with Crippen molar-refractivity contribution in [1.82, 2.24) is 10.3 Å². The highest BCUT2D eigenvalue weighted by atomic mass is 35.5. The number of nitrogens with zero attached hydrogens (tertiary/aromatic N) is 1. The average Bonchev–Trinajstić information content (AvgIpc) is 2.38. The maximum atomic E-state index is 12.0. The number of ether oxygens (including phenoxy) is 1. The molecular formula is C12H17ClN2O2. The van der Waals surface area contributed by atoms with Gasteiger partial charge in [0, 0.05) is 18.1 Å². The van der Waals surface area contributed by atoms with Gasteiger partial charge in [-0.2, -0.15) is 0 Å². The maximum absolute atomic E-state index is 12.0. The molecule has 0 saturated heterocycles. The number of halogens is 1. The quantitative estimate of drug-likeness (QED) is 0.794. The number of hydrogen-bond acceptors (Lipinski definition) is 3. The molecule has 1 unspecified atom stereocenters. The standard InChI is InChI=1S/C12H17ClN2O2/c1-3-9(4-6-13)15-12(16)10-5-7-14-8-11(10)17-2/h5,7-9H,3-4,6H2,1-2H3,(H,15,16). The highest BCUT2D eigenvalue weighted by molar-refractivity contribution is 6.17. The molecule has 0 spiro atoms. The number of alkyl halides is 1. The lowest BCUT2D eigenvalue weighted by Crippen LogP contribution is -2.34. The third kappa shape index (κ3) is 3.89. The first-order chi connectivity index (χ1) is 8.22. The van der Waals surface area contributed by atoms with Crippen molar-refractivity contribution in [2.24, 2.45) is 0 Å². The molecule has 0 bridgehead atoms. The Labute approximate surface area is 106 Å². The molecule has 1 aromatic rings. The Morgan fingerprint density at radius 2 is 2.41 bits per heavy atom. The van der Waals surface area contributed by atoms with Crippen molar-refractivity contribution in [2.45, 2.75) is 25.8 Å². The van der Waals surface area contributed by atoms with E-state index in [-0.39, 0.29) is 11.9 Å². The first-order valence-corrected chi connectivity index (χ1v) is 6.11. The second-order valence-corrected chi connectivity index (χ2v) is 4.01. The van der Waals surface area contributed by atoms with E-state index in [0.29, 0.717) is 17.2 Å². The van der Waals surface area contributed by atoms with Crippen LogP contribution in [0.1, 0.15) is 30.1 Å². The molecule has 0 fully saturated rings. The van der Waals surface area contributed by atoms with Crippen LogP contribution in [-0.2, 0) is 0 Å². The van der Waals surface area contributed by atoms with Crippen molar-refractivity contribution in [1.29, 1.82) is 0 Å². The topological polar surface area (TPSA) is 51.2 Å². The van der Waals surface area contributed by atoms with Gasteiger partial charge in [0.15, 0.2) is 0 Å². The summed E-state index contributed by atoms with van der Waals surface area (Å²) >= 11 is 5.68. The molecule has 94 valence electrons. The lowest BCUT2D eigenvalue weighted by atomic mass is 10.1. The Morgan fingerprint density at radius 1 is 1.65 bits per heavy atom. The number of aromatic nitrogens is 1. The molecule has 17 heavy (non-hydrogen) atoms. The van der Waals surface area contributed by atoms with Crippen LogP contribution in [0.15, 0.2) is 18.5 Å². The Hall–Kier alpha value is -1.29. The summed E-state index contributed by atoms with van der Waals surface area (Å²) < 4.78 is 5.09. The molecule has 4 nitrogen and oxygen atoms in total. The molecule has 0 aliphatic carbocycles. The monoisotopic (exact) mass is 256 g/mol. The Morgan fingerprint density at radius 3 is 3.00 bits per heavy atom. The van der Waals surface area contributed by atoms with Gasteiger partial charge in [-0.25, -0.2) is 0 Å². The van der Waals surface area contributed by atoms with Crippen LogP contribution in [0.25, 0.3) is 0 Å². The molecule has 1 rings (SSSR count). The van der Waals surface area contributed by atoms with Crippen molar-refractivity contribution in [2.75, 3.05) is 13.0 Å². The highest BCUT2D eigenvalue weighted by Crippen LogP contribution is 2.16. The van der Waals surface area contributed by atoms with E-state index >= 15 is 0 Å². The third-order valence-corrected chi connectivity index (χ3v) is 2.75. The molecule has 5 heteroatoms. The molecule has 0 aliphatic heterocycles. The van der Waals surface area contributed by atoms with E-state index in [2.05, 4.69) is 10.3 Å². The summed E-state index contributed by atoms with van der Waals surface area (Å²) in [6.07, 6.45) is 4.71. The van der Waals surface area contributed by atoms with Gasteiger partial charge in [-0.3, -0.25) is 9.78 Å². The number of rotatable bonds is 6. The number of carbonyl (C=O) groups excluding carboxylic acids is 1. The SMILES string of the molecule is CCC(CCCl)NC(=O)c1ccncc1OC. The first kappa shape index (κ1) is 13.8. The van der Waals surface area contributed by atoms with Crippen molar-refractivity contribution in [3.63, 3.8) is 0 Å². The highest BCUT2D eigenvalue weighted by Gasteiger charge is 2.15. The minimum atomic E-state index is -0.152. The van der Waals surface area contributed by atoms with Gasteiger partial charge < -0.3 is 10.1 Å². The first-order valence-electron chi connectivity index (χ1n) is 5.57. The number of pyridine rings is 1. The number of carbonyl (C=O) groups is 1. The number of amides is 1. The summed E-state index contributed by atoms with van der Waals surface area (Å²) in [7, 11) is 1.52. The van der Waals surface area contributed by atoms with Gasteiger partial charge in [0.05, 0.1) is 18.9 Å². The zero-order valence-corrected chi connectivity index (χ0v) is 10.8. The van der Waals surface area contributed by atoms with Crippen LogP contribution in [0.2, 0.25) is 0 Å². The second kappa shape index (κ2) is 7.12. The molecule has 0 aliphatic rings. The van der Waals surface area contributed by atoms with E-state index in [1.807, 2.05) is 6.92 Å². The van der Waals surface area contributed by atoms with E-state index in [9.17, 15) is 4.79 Å². The number of methoxy groups -OCH3 is 1. The van der Waals surface area contributed by atoms with Crippen molar-refractivity contribution in [3.8, 4) is 5.75 Å². The maximum Gasteiger partial charge on any atom is 0.255 e. The van der Waals surface area contributed by atoms with E-state index in [1.54, 1.807) is 12.3 Å². The van der Waals surface area contributed by atoms with Gasteiger partial charge >= 0.3 is 0 Å². The summed E-state index contributed by atoms with van der Waals surface area (Å²) in [6.45, 7) is 2.02. The molecule has 1 N–H and O–H groups in total. The Kier molecular flexibility index (Phi) is 5.77. The van der Waals surface area contributed by atoms with Crippen LogP contribution < -0.4 is 10.1 Å². The van der Waals surface area contributed by atoms with E-state index in [0.717, 1.165) is 12.8 Å². The van der Waals surface area contributed by atoms with Crippen LogP contribution in [0.5, 0.6) is 5.75 Å². The second-order valence-electron chi connectivity index (χ2n) is 3.63. The van der Waals surface area contributed by atoms with Gasteiger partial charge in [-0.1, -0.05) is 6.92 Å². The molecule has 1 heterocycles. The van der Waals surface area contributed by atoms with Gasteiger partial charge in [-0.05, 0) is 18.9 Å². The van der Waals surface area contributed by atoms with E-state index in [4.69, 9.17) is 16.3 Å². The fourth-order valence-corrected chi connectivity index (χ4v) is 1.77. The smallest absolute Gasteiger partial charge is 0.255 e. The fourth-order valence-electron chi connectivity index (χ4n) is 1.50. The van der Waals surface area contributed by atoms with Crippen LogP contribution in [-0.4, -0.2) is 29.9 Å². The zero-order chi connectivity index (χ0) is 12.7. The van der Waals surface area contributed by atoms with Crippen LogP contribution >= 0.6 is 11.6 Å². The molecule has 0 radical (unpaired) electrons. The largest absolute Gasteiger partial charge is 0.494 e. The Balaban J connectivity index is 2.75. The third-order valence-electron chi connectivity index (χ3n) is 2.53. The van der Waals surface area contributed by atoms with Crippen LogP contribution in [0.3, 0.4) is 0 Å². The molecule has 1 atom stereocenters. The summed E-state index contributed by atoms with van der Waals surface area (Å²) in [4.78, 5) is 15.9. The fraction of sp³-hybridized carbons (Fsp3) is 0.500. The predicted octanol–water partition coefficient (Wildman–Crippen LogP) is 2.23. The van der Waals surface area contributed by atoms with E-state index < -0.39 is 0 Å². The molecule has 1 amide bonds. The lowest BCUT2D eigenvalue weighted by Gasteiger charge is -2.16. The average molecular weight is 257 g/mol. The lowest BCUT2D eigenvalue weighted by molar-refractivity contribution is 0.0932. The normalized spacial score (nSPS) is 11.9. The van der Waals surface area contributed by atoms with Gasteiger partial charge in [-0.15, -0.1) is 11.6 Å². The van der Waals surface area contributed by atoms with Crippen LogP contribution in [0.4, 0.5) is 0 Å². The number of nitrogens with one attached hydrogen (secondary N) is 1. The summed E-state index contributed by atoms with van der Waals surface area (Å²) in [5.74, 6) is 0.860. The predicted molar refractivity (Wildman–Crippen MR) is 67.7 cm³/mol. The number of hydrogen-bond donors (Lipinski definition) is 1. The van der Waals surface area contributed by atoms with Crippen molar-refractivity contribution in [3.05, 3.63) is 24.0 Å². The zero-order valence-electron chi connectivity index (χ0n) is 10.1. The summed E-state index contributed by atoms with van der Waals surface area (Å²) in [6, 6.07) is 1.74. The Bertz CT molecular complexity index is 371. The van der Waals surface area contributed by atoms with Gasteiger partial charge in [0.25, 0.3) is 5.91 Å². The summed E-state index contributed by atoms with van der Waals surface area (Å²) in [5.41, 5.74) is 0.496.